The molecule has 0 saturated carbocycles. The number of aromatic hydroxyl groups is 1. The highest BCUT2D eigenvalue weighted by Crippen LogP contribution is 2.29. The number of benzene rings is 1. The van der Waals surface area contributed by atoms with E-state index in [1.165, 1.54) is 32.0 Å². The number of hydrogen-bond donors (Lipinski definition) is 3. The van der Waals surface area contributed by atoms with Crippen molar-refractivity contribution in [3.63, 3.8) is 0 Å². The van der Waals surface area contributed by atoms with E-state index in [4.69, 9.17) is 14.2 Å². The number of phenols is 1. The zero-order valence-corrected chi connectivity index (χ0v) is 21.8. The average molecular weight is 521 g/mol. The van der Waals surface area contributed by atoms with Crippen molar-refractivity contribution in [1.29, 1.82) is 0 Å². The summed E-state index contributed by atoms with van der Waals surface area (Å²) in [6.07, 6.45) is -1.20. The van der Waals surface area contributed by atoms with E-state index in [-0.39, 0.29) is 23.6 Å². The molecule has 0 aliphatic carbocycles. The van der Waals surface area contributed by atoms with Crippen LogP contribution in [-0.4, -0.2) is 59.7 Å². The fourth-order valence-electron chi connectivity index (χ4n) is 4.00. The number of carbonyl (C=O) groups excluding carboxylic acids is 5. The lowest BCUT2D eigenvalue weighted by Crippen LogP contribution is -2.50. The van der Waals surface area contributed by atoms with Gasteiger partial charge in [0.15, 0.2) is 17.9 Å². The van der Waals surface area contributed by atoms with E-state index in [0.717, 1.165) is 0 Å². The molecule has 1 aliphatic heterocycles. The van der Waals surface area contributed by atoms with Gasteiger partial charge >= 0.3 is 17.9 Å². The molecular formula is C26H36N2O9. The molecule has 204 valence electrons. The smallest absolute Gasteiger partial charge is 0.332 e. The Labute approximate surface area is 216 Å². The summed E-state index contributed by atoms with van der Waals surface area (Å²) in [5.74, 6) is -4.07. The zero-order chi connectivity index (χ0) is 27.7. The monoisotopic (exact) mass is 520 g/mol. The van der Waals surface area contributed by atoms with Gasteiger partial charge in [-0.3, -0.25) is 19.2 Å². The molecule has 1 aromatic carbocycles. The number of carbonyl (C=O) groups is 5. The molecule has 0 bridgehead atoms. The van der Waals surface area contributed by atoms with Gasteiger partial charge < -0.3 is 30.0 Å². The molecule has 0 spiro atoms. The van der Waals surface area contributed by atoms with Crippen molar-refractivity contribution >= 4 is 35.9 Å². The van der Waals surface area contributed by atoms with Crippen LogP contribution in [0.5, 0.6) is 5.75 Å². The van der Waals surface area contributed by atoms with Crippen molar-refractivity contribution in [1.82, 2.24) is 5.32 Å². The summed E-state index contributed by atoms with van der Waals surface area (Å²) in [5, 5.41) is 15.1. The average Bonchev–Trinajstić information content (AvgIpc) is 2.84. The lowest BCUT2D eigenvalue weighted by molar-refractivity contribution is -0.175. The van der Waals surface area contributed by atoms with E-state index in [9.17, 15) is 29.1 Å². The topological polar surface area (TPSA) is 157 Å². The van der Waals surface area contributed by atoms with Crippen molar-refractivity contribution in [3.05, 3.63) is 23.8 Å². The van der Waals surface area contributed by atoms with Gasteiger partial charge in [-0.15, -0.1) is 0 Å². The molecule has 0 unspecified atom stereocenters. The first-order valence-electron chi connectivity index (χ1n) is 12.4. The van der Waals surface area contributed by atoms with Gasteiger partial charge in [0.05, 0.1) is 17.2 Å². The van der Waals surface area contributed by atoms with Crippen LogP contribution in [-0.2, 0) is 33.4 Å². The SMILES string of the molecule is CCCC(=O)O[C@H]1[C@H](C)OC(=O)[C@@H](NC(=O)c2cccc(NC=O)c2O)[C@@H](C)OC(=O)[C@@H]1CCC(C)C. The Hall–Kier alpha value is -3.63. The number of hydrogen-bond acceptors (Lipinski definition) is 9. The Bertz CT molecular complexity index is 994. The number of phenolic OH excluding ortho intramolecular Hbond substituents is 1. The lowest BCUT2D eigenvalue weighted by atomic mass is 9.90. The highest BCUT2D eigenvalue weighted by molar-refractivity contribution is 6.01. The first kappa shape index (κ1) is 29.6. The van der Waals surface area contributed by atoms with Crippen molar-refractivity contribution in [3.8, 4) is 5.75 Å². The van der Waals surface area contributed by atoms with Crippen molar-refractivity contribution < 1.29 is 43.3 Å². The quantitative estimate of drug-likeness (QED) is 0.183. The van der Waals surface area contributed by atoms with E-state index in [1.807, 2.05) is 20.8 Å². The second kappa shape index (κ2) is 13.6. The molecule has 1 heterocycles. The Kier molecular flexibility index (Phi) is 10.9. The summed E-state index contributed by atoms with van der Waals surface area (Å²) in [7, 11) is 0. The van der Waals surface area contributed by atoms with Gasteiger partial charge in [-0.25, -0.2) is 4.79 Å². The molecule has 1 aliphatic rings. The third-order valence-electron chi connectivity index (χ3n) is 6.05. The van der Waals surface area contributed by atoms with E-state index in [1.54, 1.807) is 0 Å². The standard InChI is InChI=1S/C26H36N2O9/c1-6-8-20(30)37-23-16(5)36-26(34)21(15(4)35-25(33)18(23)12-11-14(2)3)28-24(32)17-9-7-10-19(22(17)31)27-13-29/h7,9-10,13-16,18,21,23,31H,6,8,11-12H2,1-5H3,(H,27,29)(H,28,32)/t15-,16+,18-,21+,23+/m1/s1. The predicted octanol–water partition coefficient (Wildman–Crippen LogP) is 2.70. The van der Waals surface area contributed by atoms with Crippen LogP contribution in [0.15, 0.2) is 18.2 Å². The molecule has 0 aromatic heterocycles. The van der Waals surface area contributed by atoms with Crippen LogP contribution < -0.4 is 10.6 Å². The second-order valence-electron chi connectivity index (χ2n) is 9.48. The minimum Gasteiger partial charge on any atom is -0.505 e. The number of nitrogens with one attached hydrogen (secondary N) is 2. The molecule has 1 fully saturated rings. The maximum absolute atomic E-state index is 13.2. The van der Waals surface area contributed by atoms with E-state index < -0.39 is 59.8 Å². The van der Waals surface area contributed by atoms with E-state index >= 15 is 0 Å². The van der Waals surface area contributed by atoms with Crippen molar-refractivity contribution in [2.75, 3.05) is 5.32 Å². The molecule has 1 saturated heterocycles. The Balaban J connectivity index is 2.35. The molecular weight excluding hydrogens is 484 g/mol. The summed E-state index contributed by atoms with van der Waals surface area (Å²) in [6.45, 7) is 8.75. The lowest BCUT2D eigenvalue weighted by Gasteiger charge is -2.29. The molecule has 1 aromatic rings. The van der Waals surface area contributed by atoms with E-state index in [0.29, 0.717) is 25.7 Å². The molecule has 37 heavy (non-hydrogen) atoms. The number of anilines is 1. The Morgan fingerprint density at radius 2 is 1.81 bits per heavy atom. The minimum absolute atomic E-state index is 0.00229. The number of cyclic esters (lactones) is 2. The third kappa shape index (κ3) is 7.93. The molecule has 2 rings (SSSR count). The molecule has 3 N–H and O–H groups in total. The highest BCUT2D eigenvalue weighted by Gasteiger charge is 2.44. The third-order valence-corrected chi connectivity index (χ3v) is 6.05. The Morgan fingerprint density at radius 3 is 2.43 bits per heavy atom. The maximum Gasteiger partial charge on any atom is 0.332 e. The van der Waals surface area contributed by atoms with Crippen LogP contribution in [0.1, 0.15) is 70.7 Å². The van der Waals surface area contributed by atoms with Gasteiger partial charge in [0.1, 0.15) is 12.2 Å². The predicted molar refractivity (Wildman–Crippen MR) is 133 cm³/mol. The van der Waals surface area contributed by atoms with Gasteiger partial charge in [0, 0.05) is 6.42 Å². The van der Waals surface area contributed by atoms with Crippen LogP contribution in [0.25, 0.3) is 0 Å². The normalized spacial score (nSPS) is 24.1. The summed E-state index contributed by atoms with van der Waals surface area (Å²) >= 11 is 0. The summed E-state index contributed by atoms with van der Waals surface area (Å²) in [5.41, 5.74) is -0.218. The summed E-state index contributed by atoms with van der Waals surface area (Å²) < 4.78 is 16.8. The molecule has 2 amide bonds. The second-order valence-corrected chi connectivity index (χ2v) is 9.48. The van der Waals surface area contributed by atoms with Crippen molar-refractivity contribution in [2.24, 2.45) is 11.8 Å². The summed E-state index contributed by atoms with van der Waals surface area (Å²) in [4.78, 5) is 62.4. The first-order valence-corrected chi connectivity index (χ1v) is 12.4. The zero-order valence-electron chi connectivity index (χ0n) is 21.8. The Morgan fingerprint density at radius 1 is 1.14 bits per heavy atom. The van der Waals surface area contributed by atoms with Crippen LogP contribution in [0.4, 0.5) is 5.69 Å². The minimum atomic E-state index is -1.42. The summed E-state index contributed by atoms with van der Waals surface area (Å²) in [6, 6.07) is 2.70. The van der Waals surface area contributed by atoms with Crippen LogP contribution in [0, 0.1) is 11.8 Å². The maximum atomic E-state index is 13.2. The molecule has 11 heteroatoms. The van der Waals surface area contributed by atoms with Crippen LogP contribution in [0.3, 0.4) is 0 Å². The van der Waals surface area contributed by atoms with Crippen LogP contribution in [0.2, 0.25) is 0 Å². The number of ether oxygens (including phenoxy) is 3. The van der Waals surface area contributed by atoms with Crippen molar-refractivity contribution in [2.45, 2.75) is 84.7 Å². The molecule has 5 atom stereocenters. The van der Waals surface area contributed by atoms with Gasteiger partial charge in [-0.05, 0) is 44.7 Å². The number of esters is 3. The number of rotatable bonds is 10. The van der Waals surface area contributed by atoms with Gasteiger partial charge in [0.2, 0.25) is 6.41 Å². The molecule has 11 nitrogen and oxygen atoms in total. The number of amides is 2. The molecule has 0 radical (unpaired) electrons. The highest BCUT2D eigenvalue weighted by atomic mass is 16.6. The largest absolute Gasteiger partial charge is 0.505 e. The fraction of sp³-hybridized carbons (Fsp3) is 0.577. The van der Waals surface area contributed by atoms with Gasteiger partial charge in [-0.1, -0.05) is 33.3 Å². The fourth-order valence-corrected chi connectivity index (χ4v) is 4.00. The van der Waals surface area contributed by atoms with Crippen LogP contribution >= 0.6 is 0 Å². The first-order chi connectivity index (χ1) is 17.5. The number of para-hydroxylation sites is 1. The van der Waals surface area contributed by atoms with E-state index in [2.05, 4.69) is 10.6 Å². The van der Waals surface area contributed by atoms with Gasteiger partial charge in [-0.2, -0.15) is 0 Å². The van der Waals surface area contributed by atoms with Gasteiger partial charge in [0.25, 0.3) is 5.91 Å².